The van der Waals surface area contributed by atoms with Gasteiger partial charge < -0.3 is 4.42 Å². The van der Waals surface area contributed by atoms with Gasteiger partial charge in [-0.1, -0.05) is 115 Å². The zero-order chi connectivity index (χ0) is 24.0. The van der Waals surface area contributed by atoms with E-state index in [2.05, 4.69) is 24.3 Å². The van der Waals surface area contributed by atoms with Gasteiger partial charge in [0, 0.05) is 6.54 Å². The van der Waals surface area contributed by atoms with Crippen LogP contribution >= 0.6 is 11.6 Å². The summed E-state index contributed by atoms with van der Waals surface area (Å²) in [5.41, 5.74) is 1.76. The van der Waals surface area contributed by atoms with Crippen molar-refractivity contribution in [3.63, 3.8) is 0 Å². The van der Waals surface area contributed by atoms with Crippen molar-refractivity contribution in [3.8, 4) is 0 Å². The van der Waals surface area contributed by atoms with Gasteiger partial charge in [-0.15, -0.1) is 0 Å². The number of hydrogen-bond donors (Lipinski definition) is 0. The van der Waals surface area contributed by atoms with Gasteiger partial charge in [0.15, 0.2) is 6.29 Å². The molecule has 2 rings (SSSR count). The van der Waals surface area contributed by atoms with Crippen molar-refractivity contribution in [2.75, 3.05) is 0 Å². The lowest BCUT2D eigenvalue weighted by molar-refractivity contribution is 0.112. The van der Waals surface area contributed by atoms with Crippen LogP contribution in [0, 0.1) is 0 Å². The minimum absolute atomic E-state index is 0.583. The highest BCUT2D eigenvalue weighted by molar-refractivity contribution is 6.29. The highest BCUT2D eigenvalue weighted by atomic mass is 35.5. The molecule has 0 atom stereocenters. The molecule has 0 radical (unpaired) electrons. The normalized spacial score (nSPS) is 10.8. The van der Waals surface area contributed by atoms with Gasteiger partial charge in [-0.05, 0) is 31.4 Å². The number of hydrogen-bond acceptors (Lipinski definition) is 3. The summed E-state index contributed by atoms with van der Waals surface area (Å²) in [5, 5.41) is 5.53. The van der Waals surface area contributed by atoms with E-state index in [0.717, 1.165) is 24.4 Å². The number of unbranched alkanes of at least 4 members (excludes halogenated alkanes) is 14. The number of aromatic nitrogens is 2. The van der Waals surface area contributed by atoms with Crippen molar-refractivity contribution in [3.05, 3.63) is 41.1 Å². The second-order valence-electron chi connectivity index (χ2n) is 9.06. The van der Waals surface area contributed by atoms with Gasteiger partial charge in [0.1, 0.15) is 11.4 Å². The maximum absolute atomic E-state index is 9.81. The number of aldehydes is 1. The van der Waals surface area contributed by atoms with E-state index in [9.17, 15) is 4.79 Å². The van der Waals surface area contributed by atoms with E-state index in [4.69, 9.17) is 16.7 Å². The first kappa shape index (κ1) is 29.5. The molecule has 0 aliphatic heterocycles. The predicted octanol–water partition coefficient (Wildman–Crippen LogP) is 9.45. The number of rotatable bonds is 19. The maximum Gasteiger partial charge on any atom is 0.153 e. The molecule has 0 N–H and O–H groups in total. The molecule has 0 aliphatic carbocycles. The third kappa shape index (κ3) is 15.8. The number of aryl methyl sites for hydroxylation is 2. The second kappa shape index (κ2) is 21.0. The van der Waals surface area contributed by atoms with Gasteiger partial charge in [-0.2, -0.15) is 5.10 Å². The molecular formula is C28H47ClN2O2. The molecule has 0 unspecified atom stereocenters. The lowest BCUT2D eigenvalue weighted by atomic mass is 10.1. The first-order valence-electron chi connectivity index (χ1n) is 13.4. The third-order valence-electron chi connectivity index (χ3n) is 5.97. The number of halogens is 1. The van der Waals surface area contributed by atoms with Gasteiger partial charge in [0.25, 0.3) is 0 Å². The standard InChI is InChI=1S/C23H43ClN2.C5H4O2/c1-3-5-7-9-11-13-15-17-19-22-21-23(24)26(25-22)20-18-16-14-12-10-8-6-4-2;6-3-5-1-2-7-4-5/h21H,3-20H2,1-2H3;1-4H. The minimum Gasteiger partial charge on any atom is -0.472 e. The summed E-state index contributed by atoms with van der Waals surface area (Å²) >= 11 is 6.35. The SMILES string of the molecule is CCCCCCCCCCc1cc(Cl)n(CCCCCCCCCC)n1.O=Cc1ccoc1. The summed E-state index contributed by atoms with van der Waals surface area (Å²) < 4.78 is 6.59. The summed E-state index contributed by atoms with van der Waals surface area (Å²) in [6.07, 6.45) is 26.4. The Bertz CT molecular complexity index is 682. The molecule has 0 amide bonds. The Labute approximate surface area is 207 Å². The fourth-order valence-corrected chi connectivity index (χ4v) is 4.15. The van der Waals surface area contributed by atoms with Crippen molar-refractivity contribution in [2.24, 2.45) is 0 Å². The Hall–Kier alpha value is -1.55. The summed E-state index contributed by atoms with van der Waals surface area (Å²) in [7, 11) is 0. The summed E-state index contributed by atoms with van der Waals surface area (Å²) in [6, 6.07) is 3.68. The summed E-state index contributed by atoms with van der Waals surface area (Å²) in [6.45, 7) is 5.53. The van der Waals surface area contributed by atoms with Crippen LogP contribution in [0.5, 0.6) is 0 Å². The fourth-order valence-electron chi connectivity index (χ4n) is 3.90. The molecule has 2 heterocycles. The third-order valence-corrected chi connectivity index (χ3v) is 6.27. The molecule has 4 nitrogen and oxygen atoms in total. The van der Waals surface area contributed by atoms with E-state index in [1.54, 1.807) is 6.07 Å². The van der Waals surface area contributed by atoms with Crippen LogP contribution in [0.2, 0.25) is 5.15 Å². The highest BCUT2D eigenvalue weighted by Gasteiger charge is 2.05. The van der Waals surface area contributed by atoms with E-state index < -0.39 is 0 Å². The smallest absolute Gasteiger partial charge is 0.153 e. The van der Waals surface area contributed by atoms with Crippen molar-refractivity contribution < 1.29 is 9.21 Å². The molecule has 0 aromatic carbocycles. The Morgan fingerprint density at radius 3 is 1.88 bits per heavy atom. The zero-order valence-corrected chi connectivity index (χ0v) is 22.0. The summed E-state index contributed by atoms with van der Waals surface area (Å²) in [4.78, 5) is 9.81. The number of carbonyl (C=O) groups is 1. The molecule has 0 spiro atoms. The molecule has 0 fully saturated rings. The van der Waals surface area contributed by atoms with E-state index in [-0.39, 0.29) is 0 Å². The van der Waals surface area contributed by atoms with Gasteiger partial charge in [0.2, 0.25) is 0 Å². The zero-order valence-electron chi connectivity index (χ0n) is 21.2. The van der Waals surface area contributed by atoms with E-state index in [0.29, 0.717) is 5.56 Å². The monoisotopic (exact) mass is 478 g/mol. The lowest BCUT2D eigenvalue weighted by Gasteiger charge is -2.04. The molecule has 188 valence electrons. The Balaban J connectivity index is 0.000000657. The Morgan fingerprint density at radius 2 is 1.39 bits per heavy atom. The molecule has 0 aliphatic rings. The van der Waals surface area contributed by atoms with Crippen LogP contribution in [0.1, 0.15) is 133 Å². The average Bonchev–Trinajstić information content (AvgIpc) is 3.47. The van der Waals surface area contributed by atoms with Crippen LogP contribution in [-0.4, -0.2) is 16.1 Å². The minimum atomic E-state index is 0.583. The van der Waals surface area contributed by atoms with Crippen LogP contribution in [0.15, 0.2) is 29.1 Å². The first-order chi connectivity index (χ1) is 16.2. The van der Waals surface area contributed by atoms with Gasteiger partial charge in [-0.3, -0.25) is 9.48 Å². The van der Waals surface area contributed by atoms with E-state index in [1.807, 2.05) is 4.68 Å². The average molecular weight is 479 g/mol. The fraction of sp³-hybridized carbons (Fsp3) is 0.714. The molecule has 5 heteroatoms. The van der Waals surface area contributed by atoms with Crippen LogP contribution < -0.4 is 0 Å². The van der Waals surface area contributed by atoms with E-state index >= 15 is 0 Å². The predicted molar refractivity (Wildman–Crippen MR) is 140 cm³/mol. The van der Waals surface area contributed by atoms with Gasteiger partial charge >= 0.3 is 0 Å². The molecule has 33 heavy (non-hydrogen) atoms. The Morgan fingerprint density at radius 1 is 0.848 bits per heavy atom. The van der Waals surface area contributed by atoms with Crippen molar-refractivity contribution in [2.45, 2.75) is 130 Å². The van der Waals surface area contributed by atoms with Crippen molar-refractivity contribution in [1.82, 2.24) is 9.78 Å². The van der Waals surface area contributed by atoms with Crippen LogP contribution in [0.25, 0.3) is 0 Å². The largest absolute Gasteiger partial charge is 0.472 e. The van der Waals surface area contributed by atoms with Gasteiger partial charge in [0.05, 0.1) is 17.5 Å². The molecule has 0 bridgehead atoms. The molecule has 0 saturated carbocycles. The molecular weight excluding hydrogens is 432 g/mol. The maximum atomic E-state index is 9.81. The summed E-state index contributed by atoms with van der Waals surface area (Å²) in [5.74, 6) is 0. The highest BCUT2D eigenvalue weighted by Crippen LogP contribution is 2.16. The van der Waals surface area contributed by atoms with Crippen molar-refractivity contribution in [1.29, 1.82) is 0 Å². The number of carbonyl (C=O) groups excluding carboxylic acids is 1. The number of furan rings is 1. The van der Waals surface area contributed by atoms with Gasteiger partial charge in [-0.25, -0.2) is 0 Å². The molecule has 0 saturated heterocycles. The van der Waals surface area contributed by atoms with Crippen LogP contribution in [0.3, 0.4) is 0 Å². The first-order valence-corrected chi connectivity index (χ1v) is 13.8. The topological polar surface area (TPSA) is 48.0 Å². The Kier molecular flexibility index (Phi) is 18.8. The van der Waals surface area contributed by atoms with E-state index in [1.165, 1.54) is 121 Å². The lowest BCUT2D eigenvalue weighted by Crippen LogP contribution is -2.01. The van der Waals surface area contributed by atoms with Crippen LogP contribution in [0.4, 0.5) is 0 Å². The molecule has 2 aromatic heterocycles. The van der Waals surface area contributed by atoms with Crippen LogP contribution in [-0.2, 0) is 13.0 Å². The number of nitrogens with zero attached hydrogens (tertiary/aromatic N) is 2. The van der Waals surface area contributed by atoms with Crippen molar-refractivity contribution >= 4 is 17.9 Å². The second-order valence-corrected chi connectivity index (χ2v) is 9.44. The molecule has 2 aromatic rings. The quantitative estimate of drug-likeness (QED) is 0.149.